The number of amidine groups is 1. The molecule has 1 aliphatic heterocycles. The summed E-state index contributed by atoms with van der Waals surface area (Å²) in [7, 11) is 0. The van der Waals surface area contributed by atoms with Gasteiger partial charge in [0.05, 0.1) is 12.6 Å². The molecule has 45 heavy (non-hydrogen) atoms. The molecule has 0 bridgehead atoms. The minimum Gasteiger partial charge on any atom is -0.384 e. The maximum absolute atomic E-state index is 15.0. The molecule has 3 aromatic rings. The van der Waals surface area contributed by atoms with E-state index in [4.69, 9.17) is 11.1 Å². The van der Waals surface area contributed by atoms with Crippen molar-refractivity contribution in [2.45, 2.75) is 63.5 Å². The molecule has 2 aliphatic carbocycles. The maximum atomic E-state index is 15.0. The second-order valence-corrected chi connectivity index (χ2v) is 13.3. The third kappa shape index (κ3) is 5.97. The number of nitrogens with two attached hydrogens (primary N) is 1. The lowest BCUT2D eigenvalue weighted by Gasteiger charge is -2.27. The number of halogens is 2. The van der Waals surface area contributed by atoms with Gasteiger partial charge in [-0.15, -0.1) is 11.3 Å². The highest BCUT2D eigenvalue weighted by atomic mass is 32.1. The summed E-state index contributed by atoms with van der Waals surface area (Å²) in [5.74, 6) is -3.70. The van der Waals surface area contributed by atoms with Crippen molar-refractivity contribution in [3.8, 4) is 11.1 Å². The Morgan fingerprint density at radius 1 is 1.02 bits per heavy atom. The molecule has 0 unspecified atom stereocenters. The molecule has 2 fully saturated rings. The summed E-state index contributed by atoms with van der Waals surface area (Å²) in [4.78, 5) is 42.8. The fourth-order valence-electron chi connectivity index (χ4n) is 7.12. The van der Waals surface area contributed by atoms with E-state index in [1.165, 1.54) is 42.0 Å². The Morgan fingerprint density at radius 2 is 1.76 bits per heavy atom. The Morgan fingerprint density at radius 3 is 2.49 bits per heavy atom. The van der Waals surface area contributed by atoms with E-state index in [2.05, 4.69) is 10.6 Å². The minimum atomic E-state index is -3.15. The third-order valence-electron chi connectivity index (χ3n) is 9.56. The summed E-state index contributed by atoms with van der Waals surface area (Å²) >= 11 is 1.41. The summed E-state index contributed by atoms with van der Waals surface area (Å²) in [6.45, 7) is 1.99. The number of nitrogen functional groups attached to an aromatic ring is 1. The van der Waals surface area contributed by atoms with Crippen molar-refractivity contribution >= 4 is 34.9 Å². The monoisotopic (exact) mass is 633 g/mol. The first-order valence-electron chi connectivity index (χ1n) is 15.5. The first kappa shape index (κ1) is 30.9. The van der Waals surface area contributed by atoms with E-state index < -0.39 is 17.9 Å². The molecule has 0 spiro atoms. The van der Waals surface area contributed by atoms with Gasteiger partial charge in [0.25, 0.3) is 11.8 Å². The Balaban J connectivity index is 1.15. The molecule has 11 heteroatoms. The summed E-state index contributed by atoms with van der Waals surface area (Å²) in [6, 6.07) is 11.1. The molecule has 2 heterocycles. The van der Waals surface area contributed by atoms with E-state index in [-0.39, 0.29) is 52.8 Å². The van der Waals surface area contributed by atoms with Crippen LogP contribution in [0.4, 0.5) is 8.78 Å². The van der Waals surface area contributed by atoms with Crippen molar-refractivity contribution in [2.24, 2.45) is 17.6 Å². The number of carbonyl (C=O) groups excluding carboxylic acids is 3. The number of fused-ring (bicyclic) bond motifs is 3. The Kier molecular flexibility index (Phi) is 8.47. The van der Waals surface area contributed by atoms with Gasteiger partial charge in [-0.25, -0.2) is 0 Å². The Bertz CT molecular complexity index is 1650. The van der Waals surface area contributed by atoms with Crippen molar-refractivity contribution in [3.63, 3.8) is 0 Å². The van der Waals surface area contributed by atoms with Gasteiger partial charge in [-0.3, -0.25) is 19.8 Å². The summed E-state index contributed by atoms with van der Waals surface area (Å²) < 4.78 is 29.9. The highest BCUT2D eigenvalue weighted by Gasteiger charge is 2.45. The molecule has 2 aromatic carbocycles. The van der Waals surface area contributed by atoms with Crippen molar-refractivity contribution in [1.29, 1.82) is 5.41 Å². The van der Waals surface area contributed by atoms with E-state index in [0.29, 0.717) is 35.6 Å². The number of alkyl halides is 2. The number of amides is 3. The zero-order valence-corrected chi connectivity index (χ0v) is 25.9. The first-order chi connectivity index (χ1) is 21.5. The smallest absolute Gasteiger partial charge is 0.299 e. The van der Waals surface area contributed by atoms with Crippen molar-refractivity contribution in [3.05, 3.63) is 81.0 Å². The average molecular weight is 634 g/mol. The minimum absolute atomic E-state index is 0.0383. The van der Waals surface area contributed by atoms with Gasteiger partial charge >= 0.3 is 0 Å². The second kappa shape index (κ2) is 12.3. The quantitative estimate of drug-likeness (QED) is 0.191. The molecule has 0 radical (unpaired) electrons. The number of hydrogen-bond donors (Lipinski definition) is 4. The highest BCUT2D eigenvalue weighted by molar-refractivity contribution is 7.10. The molecule has 3 atom stereocenters. The second-order valence-electron chi connectivity index (χ2n) is 12.4. The topological polar surface area (TPSA) is 128 Å². The number of nitrogens with zero attached hydrogens (tertiary/aromatic N) is 1. The Labute approximate surface area is 264 Å². The molecule has 1 aromatic heterocycles. The molecule has 1 saturated heterocycles. The van der Waals surface area contributed by atoms with E-state index in [1.807, 2.05) is 6.92 Å². The number of carbonyl (C=O) groups is 3. The SMILES string of the molecule is C[C@@H](NC(=O)[C@@H]1C[C@H](C2CCCCC2)CN1C(=O)CNC(=O)c1ccc2c(c1)-c1ccccc1C2(F)F)c1cc(C(=N)N)cs1. The van der Waals surface area contributed by atoms with Gasteiger partial charge in [0.1, 0.15) is 11.9 Å². The van der Waals surface area contributed by atoms with Gasteiger partial charge in [0.2, 0.25) is 11.8 Å². The Hall–Kier alpha value is -4.12. The number of rotatable bonds is 8. The van der Waals surface area contributed by atoms with Crippen LogP contribution in [0.3, 0.4) is 0 Å². The van der Waals surface area contributed by atoms with Crippen LogP contribution in [0.25, 0.3) is 11.1 Å². The lowest BCUT2D eigenvalue weighted by molar-refractivity contribution is -0.138. The van der Waals surface area contributed by atoms with Crippen LogP contribution in [-0.2, 0) is 15.5 Å². The molecule has 8 nitrogen and oxygen atoms in total. The molecule has 5 N–H and O–H groups in total. The normalized spacial score (nSPS) is 21.1. The van der Waals surface area contributed by atoms with Crippen molar-refractivity contribution in [2.75, 3.05) is 13.1 Å². The zero-order valence-electron chi connectivity index (χ0n) is 25.1. The maximum Gasteiger partial charge on any atom is 0.299 e. The number of thiophene rings is 1. The molecular formula is C34H37F2N5O3S. The summed E-state index contributed by atoms with van der Waals surface area (Å²) in [6.07, 6.45) is 6.22. The van der Waals surface area contributed by atoms with Crippen molar-refractivity contribution < 1.29 is 23.2 Å². The van der Waals surface area contributed by atoms with Gasteiger partial charge < -0.3 is 21.3 Å². The number of benzene rings is 2. The largest absolute Gasteiger partial charge is 0.384 e. The number of likely N-dealkylation sites (tertiary alicyclic amines) is 1. The standard InChI is InChI=1S/C34H37F2N5O3S/c1-19(29-15-23(18-45-29)31(37)38)40-33(44)28-14-22(20-7-3-2-4-8-20)17-41(28)30(42)16-39-32(43)21-11-12-27-25(13-21)24-9-5-6-10-26(24)34(27,35)36/h5-6,9-13,15,18-20,22,28H,2-4,7-8,14,16-17H2,1H3,(H3,37,38)(H,39,43)(H,40,44)/t19-,22+,28+/m1/s1. The van der Waals surface area contributed by atoms with Crippen LogP contribution in [0.2, 0.25) is 0 Å². The van der Waals surface area contributed by atoms with Crippen molar-refractivity contribution in [1.82, 2.24) is 15.5 Å². The molecule has 3 aliphatic rings. The van der Waals surface area contributed by atoms with E-state index in [1.54, 1.807) is 34.5 Å². The van der Waals surface area contributed by atoms with Crippen LogP contribution in [0.1, 0.15) is 83.4 Å². The lowest BCUT2D eigenvalue weighted by Crippen LogP contribution is -2.49. The molecule has 236 valence electrons. The van der Waals surface area contributed by atoms with Gasteiger partial charge in [0, 0.05) is 39.1 Å². The predicted molar refractivity (Wildman–Crippen MR) is 169 cm³/mol. The molecule has 6 rings (SSSR count). The average Bonchev–Trinajstić information content (AvgIpc) is 3.77. The third-order valence-corrected chi connectivity index (χ3v) is 10.7. The number of nitrogens with one attached hydrogen (secondary N) is 3. The highest BCUT2D eigenvalue weighted by Crippen LogP contribution is 2.51. The van der Waals surface area contributed by atoms with Crippen LogP contribution in [0.15, 0.2) is 53.9 Å². The van der Waals surface area contributed by atoms with Gasteiger partial charge in [-0.2, -0.15) is 8.78 Å². The van der Waals surface area contributed by atoms with Gasteiger partial charge in [0.15, 0.2) is 0 Å². The molecule has 1 saturated carbocycles. The van der Waals surface area contributed by atoms with Gasteiger partial charge in [-0.05, 0) is 54.5 Å². The lowest BCUT2D eigenvalue weighted by atomic mass is 9.79. The van der Waals surface area contributed by atoms with E-state index in [9.17, 15) is 23.2 Å². The fraction of sp³-hybridized carbons (Fsp3) is 0.412. The van der Waals surface area contributed by atoms with Crippen LogP contribution >= 0.6 is 11.3 Å². The zero-order chi connectivity index (χ0) is 31.9. The van der Waals surface area contributed by atoms with Crippen LogP contribution < -0.4 is 16.4 Å². The first-order valence-corrected chi connectivity index (χ1v) is 16.4. The van der Waals surface area contributed by atoms with E-state index in [0.717, 1.165) is 30.6 Å². The van der Waals surface area contributed by atoms with Crippen LogP contribution in [-0.4, -0.2) is 47.6 Å². The van der Waals surface area contributed by atoms with Crippen LogP contribution in [0, 0.1) is 17.2 Å². The number of hydrogen-bond acceptors (Lipinski definition) is 5. The molecular weight excluding hydrogens is 596 g/mol. The predicted octanol–water partition coefficient (Wildman–Crippen LogP) is 5.56. The van der Waals surface area contributed by atoms with Crippen LogP contribution in [0.5, 0.6) is 0 Å². The fourth-order valence-corrected chi connectivity index (χ4v) is 8.04. The molecule has 3 amide bonds. The summed E-state index contributed by atoms with van der Waals surface area (Å²) in [5, 5.41) is 15.1. The summed E-state index contributed by atoms with van der Waals surface area (Å²) in [5.41, 5.74) is 6.83. The van der Waals surface area contributed by atoms with E-state index >= 15 is 0 Å². The van der Waals surface area contributed by atoms with Gasteiger partial charge in [-0.1, -0.05) is 62.4 Å².